The molecule has 5 heteroatoms. The molecule has 1 N–H and O–H groups in total. The Morgan fingerprint density at radius 1 is 1.50 bits per heavy atom. The molecule has 1 aromatic heterocycles. The van der Waals surface area contributed by atoms with Crippen molar-refractivity contribution in [3.8, 4) is 0 Å². The second-order valence-electron chi connectivity index (χ2n) is 4.77. The molecule has 18 heavy (non-hydrogen) atoms. The third-order valence-corrected chi connectivity index (χ3v) is 5.04. The maximum Gasteiger partial charge on any atom is 0.138 e. The van der Waals surface area contributed by atoms with Gasteiger partial charge in [0.15, 0.2) is 0 Å². The first-order valence-electron chi connectivity index (χ1n) is 7.06. The summed E-state index contributed by atoms with van der Waals surface area (Å²) in [4.78, 5) is 4.41. The molecule has 102 valence electrons. The molecule has 0 spiro atoms. The van der Waals surface area contributed by atoms with Crippen molar-refractivity contribution in [1.82, 2.24) is 20.1 Å². The summed E-state index contributed by atoms with van der Waals surface area (Å²) in [6.45, 7) is 6.24. The van der Waals surface area contributed by atoms with Crippen molar-refractivity contribution >= 4 is 11.8 Å². The Bertz CT molecular complexity index is 347. The number of nitrogens with zero attached hydrogens (tertiary/aromatic N) is 3. The monoisotopic (exact) mass is 268 g/mol. The maximum atomic E-state index is 4.41. The molecule has 2 atom stereocenters. The molecule has 1 saturated heterocycles. The summed E-state index contributed by atoms with van der Waals surface area (Å²) < 4.78 is 2.01. The Morgan fingerprint density at radius 3 is 3.06 bits per heavy atom. The standard InChI is InChI=1S/C13H24N4S/c1-3-14-11(12-7-5-6-8-18-12)9-13-15-10-16-17(13)4-2/h10-12,14H,3-9H2,1-2H3. The fraction of sp³-hybridized carbons (Fsp3) is 0.846. The lowest BCUT2D eigenvalue weighted by molar-refractivity contribution is 0.452. The number of likely N-dealkylation sites (N-methyl/N-ethyl adjacent to an activating group) is 1. The molecule has 0 saturated carbocycles. The van der Waals surface area contributed by atoms with Crippen molar-refractivity contribution in [2.45, 2.75) is 57.4 Å². The van der Waals surface area contributed by atoms with E-state index in [0.717, 1.165) is 30.6 Å². The lowest BCUT2D eigenvalue weighted by Gasteiger charge is -2.30. The maximum absolute atomic E-state index is 4.41. The molecule has 1 fully saturated rings. The molecule has 1 aromatic rings. The zero-order valence-electron chi connectivity index (χ0n) is 11.4. The minimum Gasteiger partial charge on any atom is -0.313 e. The smallest absolute Gasteiger partial charge is 0.138 e. The zero-order chi connectivity index (χ0) is 12.8. The molecule has 0 aromatic carbocycles. The average molecular weight is 268 g/mol. The van der Waals surface area contributed by atoms with Crippen molar-refractivity contribution in [3.05, 3.63) is 12.2 Å². The summed E-state index contributed by atoms with van der Waals surface area (Å²) in [5.74, 6) is 2.43. The van der Waals surface area contributed by atoms with Crippen LogP contribution in [0.2, 0.25) is 0 Å². The quantitative estimate of drug-likeness (QED) is 0.858. The van der Waals surface area contributed by atoms with Crippen LogP contribution in [-0.4, -0.2) is 38.4 Å². The number of rotatable bonds is 6. The van der Waals surface area contributed by atoms with E-state index in [2.05, 4.69) is 41.0 Å². The van der Waals surface area contributed by atoms with Gasteiger partial charge in [-0.1, -0.05) is 13.3 Å². The SMILES string of the molecule is CCNC(Cc1ncnn1CC)C1CCCCS1. The van der Waals surface area contributed by atoms with Crippen LogP contribution < -0.4 is 5.32 Å². The van der Waals surface area contributed by atoms with Crippen LogP contribution in [0.4, 0.5) is 0 Å². The van der Waals surface area contributed by atoms with Gasteiger partial charge in [-0.15, -0.1) is 0 Å². The van der Waals surface area contributed by atoms with E-state index in [1.54, 1.807) is 6.33 Å². The van der Waals surface area contributed by atoms with Crippen molar-refractivity contribution in [2.75, 3.05) is 12.3 Å². The van der Waals surface area contributed by atoms with Gasteiger partial charge in [-0.3, -0.25) is 4.68 Å². The van der Waals surface area contributed by atoms with Gasteiger partial charge in [0, 0.05) is 24.3 Å². The largest absolute Gasteiger partial charge is 0.313 e. The topological polar surface area (TPSA) is 42.7 Å². The highest BCUT2D eigenvalue weighted by Crippen LogP contribution is 2.28. The van der Waals surface area contributed by atoms with E-state index < -0.39 is 0 Å². The van der Waals surface area contributed by atoms with Gasteiger partial charge in [0.2, 0.25) is 0 Å². The highest BCUT2D eigenvalue weighted by Gasteiger charge is 2.25. The van der Waals surface area contributed by atoms with E-state index >= 15 is 0 Å². The van der Waals surface area contributed by atoms with Crippen molar-refractivity contribution in [3.63, 3.8) is 0 Å². The van der Waals surface area contributed by atoms with Gasteiger partial charge in [-0.05, 0) is 32.1 Å². The van der Waals surface area contributed by atoms with Gasteiger partial charge in [0.1, 0.15) is 12.2 Å². The van der Waals surface area contributed by atoms with Gasteiger partial charge in [0.05, 0.1) is 0 Å². The molecular weight excluding hydrogens is 244 g/mol. The Morgan fingerprint density at radius 2 is 2.39 bits per heavy atom. The highest BCUT2D eigenvalue weighted by atomic mass is 32.2. The summed E-state index contributed by atoms with van der Waals surface area (Å²) in [7, 11) is 0. The second-order valence-corrected chi connectivity index (χ2v) is 6.11. The molecule has 0 amide bonds. The van der Waals surface area contributed by atoms with Gasteiger partial charge < -0.3 is 5.32 Å². The van der Waals surface area contributed by atoms with Crippen molar-refractivity contribution < 1.29 is 0 Å². The lowest BCUT2D eigenvalue weighted by Crippen LogP contribution is -2.41. The van der Waals surface area contributed by atoms with Gasteiger partial charge in [-0.25, -0.2) is 4.98 Å². The second kappa shape index (κ2) is 7.14. The predicted octanol–water partition coefficient (Wildman–Crippen LogP) is 2.10. The Hall–Kier alpha value is -0.550. The molecule has 0 radical (unpaired) electrons. The molecule has 1 aliphatic rings. The minimum atomic E-state index is 0.537. The summed E-state index contributed by atoms with van der Waals surface area (Å²) >= 11 is 2.13. The highest BCUT2D eigenvalue weighted by molar-refractivity contribution is 8.00. The van der Waals surface area contributed by atoms with Crippen molar-refractivity contribution in [2.24, 2.45) is 0 Å². The fourth-order valence-corrected chi connectivity index (χ4v) is 4.02. The summed E-state index contributed by atoms with van der Waals surface area (Å²) in [6.07, 6.45) is 6.77. The first-order chi connectivity index (χ1) is 8.85. The summed E-state index contributed by atoms with van der Waals surface area (Å²) in [5, 5.41) is 8.64. The zero-order valence-corrected chi connectivity index (χ0v) is 12.2. The number of aryl methyl sites for hydroxylation is 1. The van der Waals surface area contributed by atoms with Crippen LogP contribution in [-0.2, 0) is 13.0 Å². The third kappa shape index (κ3) is 3.48. The van der Waals surface area contributed by atoms with E-state index in [-0.39, 0.29) is 0 Å². The van der Waals surface area contributed by atoms with E-state index in [4.69, 9.17) is 0 Å². The first-order valence-corrected chi connectivity index (χ1v) is 8.11. The molecule has 4 nitrogen and oxygen atoms in total. The van der Waals surface area contributed by atoms with Crippen LogP contribution in [0.25, 0.3) is 0 Å². The van der Waals surface area contributed by atoms with Crippen LogP contribution in [0, 0.1) is 0 Å². The van der Waals surface area contributed by atoms with Gasteiger partial charge in [-0.2, -0.15) is 16.9 Å². The van der Waals surface area contributed by atoms with Crippen LogP contribution in [0.1, 0.15) is 38.9 Å². The van der Waals surface area contributed by atoms with Gasteiger partial charge in [0.25, 0.3) is 0 Å². The van der Waals surface area contributed by atoms with E-state index in [1.165, 1.54) is 25.0 Å². The molecule has 2 rings (SSSR count). The Labute approximate surface area is 114 Å². The number of hydrogen-bond acceptors (Lipinski definition) is 4. The first kappa shape index (κ1) is 13.9. The van der Waals surface area contributed by atoms with Crippen LogP contribution in [0.3, 0.4) is 0 Å². The van der Waals surface area contributed by atoms with E-state index in [1.807, 2.05) is 4.68 Å². The molecular formula is C13H24N4S. The van der Waals surface area contributed by atoms with Crippen LogP contribution >= 0.6 is 11.8 Å². The van der Waals surface area contributed by atoms with E-state index in [9.17, 15) is 0 Å². The molecule has 1 aliphatic heterocycles. The molecule has 2 heterocycles. The fourth-order valence-electron chi connectivity index (χ4n) is 2.59. The molecule has 0 bridgehead atoms. The summed E-state index contributed by atoms with van der Waals surface area (Å²) in [5.41, 5.74) is 0. The number of thioether (sulfide) groups is 1. The van der Waals surface area contributed by atoms with Crippen molar-refractivity contribution in [1.29, 1.82) is 0 Å². The van der Waals surface area contributed by atoms with Crippen LogP contribution in [0.5, 0.6) is 0 Å². The predicted molar refractivity (Wildman–Crippen MR) is 77.0 cm³/mol. The van der Waals surface area contributed by atoms with Crippen LogP contribution in [0.15, 0.2) is 6.33 Å². The Kier molecular flexibility index (Phi) is 5.50. The van der Waals surface area contributed by atoms with E-state index in [0.29, 0.717) is 6.04 Å². The molecule has 2 unspecified atom stereocenters. The minimum absolute atomic E-state index is 0.537. The average Bonchev–Trinajstić information content (AvgIpc) is 2.86. The molecule has 0 aliphatic carbocycles. The number of nitrogens with one attached hydrogen (secondary N) is 1. The summed E-state index contributed by atoms with van der Waals surface area (Å²) in [6, 6.07) is 0.537. The normalized spacial score (nSPS) is 22.0. The third-order valence-electron chi connectivity index (χ3n) is 3.53. The van der Waals surface area contributed by atoms with Gasteiger partial charge >= 0.3 is 0 Å². The number of hydrogen-bond donors (Lipinski definition) is 1. The lowest BCUT2D eigenvalue weighted by atomic mass is 10.0. The number of aromatic nitrogens is 3. The Balaban J connectivity index is 2.00.